The third-order valence-electron chi connectivity index (χ3n) is 2.45. The molecule has 2 aromatic rings. The molecule has 1 amide bonds. The number of nitrogens with zero attached hydrogens (tertiary/aromatic N) is 3. The van der Waals surface area contributed by atoms with Crippen LogP contribution >= 0.6 is 0 Å². The van der Waals surface area contributed by atoms with Gasteiger partial charge in [-0.1, -0.05) is 6.07 Å². The van der Waals surface area contributed by atoms with E-state index in [-0.39, 0.29) is 17.2 Å². The zero-order chi connectivity index (χ0) is 15.2. The van der Waals surface area contributed by atoms with E-state index in [1.165, 1.54) is 37.6 Å². The Balaban J connectivity index is 2.04. The molecular formula is C12H11N5O4. The molecule has 0 aliphatic carbocycles. The molecule has 1 aromatic heterocycles. The Labute approximate surface area is 119 Å². The number of hydrogen-bond acceptors (Lipinski definition) is 7. The summed E-state index contributed by atoms with van der Waals surface area (Å²) < 4.78 is 4.91. The van der Waals surface area contributed by atoms with Crippen LogP contribution in [-0.2, 0) is 0 Å². The summed E-state index contributed by atoms with van der Waals surface area (Å²) in [5.74, 6) is -0.0876. The van der Waals surface area contributed by atoms with Crippen molar-refractivity contribution in [1.29, 1.82) is 0 Å². The third kappa shape index (κ3) is 3.62. The van der Waals surface area contributed by atoms with Crippen LogP contribution in [-0.4, -0.2) is 27.9 Å². The Kier molecular flexibility index (Phi) is 4.24. The van der Waals surface area contributed by atoms with Crippen molar-refractivity contribution >= 4 is 17.5 Å². The average Bonchev–Trinajstić information content (AvgIpc) is 2.53. The number of non-ortho nitro benzene ring substituents is 1. The fourth-order valence-electron chi connectivity index (χ4n) is 1.46. The summed E-state index contributed by atoms with van der Waals surface area (Å²) in [6, 6.07) is 6.90. The van der Waals surface area contributed by atoms with Crippen LogP contribution in [0.2, 0.25) is 0 Å². The lowest BCUT2D eigenvalue weighted by molar-refractivity contribution is -0.384. The van der Waals surface area contributed by atoms with E-state index < -0.39 is 10.8 Å². The number of hydrogen-bond donors (Lipinski definition) is 2. The Bertz CT molecular complexity index is 676. The fraction of sp³-hybridized carbons (Fsp3) is 0.0833. The van der Waals surface area contributed by atoms with Crippen molar-refractivity contribution in [3.63, 3.8) is 0 Å². The first-order chi connectivity index (χ1) is 10.1. The van der Waals surface area contributed by atoms with E-state index in [0.29, 0.717) is 5.88 Å². The molecule has 1 heterocycles. The smallest absolute Gasteiger partial charge is 0.270 e. The van der Waals surface area contributed by atoms with Crippen LogP contribution in [0.25, 0.3) is 0 Å². The van der Waals surface area contributed by atoms with Crippen molar-refractivity contribution < 1.29 is 14.5 Å². The summed E-state index contributed by atoms with van der Waals surface area (Å²) in [5, 5.41) is 10.6. The van der Waals surface area contributed by atoms with Crippen molar-refractivity contribution in [2.45, 2.75) is 0 Å². The summed E-state index contributed by atoms with van der Waals surface area (Å²) in [7, 11) is 1.45. The average molecular weight is 289 g/mol. The van der Waals surface area contributed by atoms with E-state index in [4.69, 9.17) is 4.74 Å². The molecule has 0 radical (unpaired) electrons. The van der Waals surface area contributed by atoms with E-state index in [0.717, 1.165) is 0 Å². The molecule has 2 N–H and O–H groups in total. The SMILES string of the molecule is COc1ccnc(NNC(=O)c2cccc([N+](=O)[O-])c2)n1. The Morgan fingerprint density at radius 2 is 2.19 bits per heavy atom. The first kappa shape index (κ1) is 14.2. The maximum atomic E-state index is 11.9. The molecular weight excluding hydrogens is 278 g/mol. The van der Waals surface area contributed by atoms with Crippen molar-refractivity contribution in [2.24, 2.45) is 0 Å². The highest BCUT2D eigenvalue weighted by Crippen LogP contribution is 2.13. The normalized spacial score (nSPS) is 9.76. The second-order valence-corrected chi connectivity index (χ2v) is 3.81. The highest BCUT2D eigenvalue weighted by molar-refractivity contribution is 5.95. The van der Waals surface area contributed by atoms with Gasteiger partial charge < -0.3 is 4.74 Å². The monoisotopic (exact) mass is 289 g/mol. The highest BCUT2D eigenvalue weighted by Gasteiger charge is 2.11. The number of nitro benzene ring substituents is 1. The van der Waals surface area contributed by atoms with Gasteiger partial charge in [-0.25, -0.2) is 4.98 Å². The van der Waals surface area contributed by atoms with Gasteiger partial charge in [-0.15, -0.1) is 0 Å². The van der Waals surface area contributed by atoms with Crippen molar-refractivity contribution in [1.82, 2.24) is 15.4 Å². The van der Waals surface area contributed by atoms with Gasteiger partial charge in [-0.2, -0.15) is 4.98 Å². The quantitative estimate of drug-likeness (QED) is 0.625. The van der Waals surface area contributed by atoms with Crippen molar-refractivity contribution in [3.8, 4) is 5.88 Å². The second-order valence-electron chi connectivity index (χ2n) is 3.81. The number of rotatable bonds is 5. The number of methoxy groups -OCH3 is 1. The Morgan fingerprint density at radius 3 is 2.90 bits per heavy atom. The highest BCUT2D eigenvalue weighted by atomic mass is 16.6. The van der Waals surface area contributed by atoms with E-state index in [9.17, 15) is 14.9 Å². The standard InChI is InChI=1S/C12H11N5O4/c1-21-10-5-6-13-12(14-10)16-15-11(18)8-3-2-4-9(7-8)17(19)20/h2-7H,1H3,(H,15,18)(H,13,14,16). The van der Waals surface area contributed by atoms with Crippen LogP contribution in [0, 0.1) is 10.1 Å². The number of amides is 1. The summed E-state index contributed by atoms with van der Waals surface area (Å²) in [5.41, 5.74) is 4.81. The predicted octanol–water partition coefficient (Wildman–Crippen LogP) is 1.15. The molecule has 0 saturated carbocycles. The first-order valence-electron chi connectivity index (χ1n) is 5.78. The van der Waals surface area contributed by atoms with Gasteiger partial charge in [0.25, 0.3) is 11.6 Å². The van der Waals surface area contributed by atoms with Gasteiger partial charge in [0.2, 0.25) is 11.8 Å². The molecule has 0 unspecified atom stereocenters. The summed E-state index contributed by atoms with van der Waals surface area (Å²) in [4.78, 5) is 29.7. The minimum Gasteiger partial charge on any atom is -0.481 e. The molecule has 9 heteroatoms. The zero-order valence-electron chi connectivity index (χ0n) is 10.9. The van der Waals surface area contributed by atoms with Gasteiger partial charge in [-0.3, -0.25) is 25.8 Å². The zero-order valence-corrected chi connectivity index (χ0v) is 10.9. The van der Waals surface area contributed by atoms with Crippen LogP contribution in [0.4, 0.5) is 11.6 Å². The molecule has 0 saturated heterocycles. The number of aromatic nitrogens is 2. The largest absolute Gasteiger partial charge is 0.481 e. The number of carbonyl (C=O) groups is 1. The molecule has 0 aliphatic rings. The van der Waals surface area contributed by atoms with E-state index >= 15 is 0 Å². The number of nitrogens with one attached hydrogen (secondary N) is 2. The number of hydrazine groups is 1. The van der Waals surface area contributed by atoms with E-state index in [1.807, 2.05) is 0 Å². The summed E-state index contributed by atoms with van der Waals surface area (Å²) >= 11 is 0. The van der Waals surface area contributed by atoms with Crippen LogP contribution in [0.3, 0.4) is 0 Å². The minimum absolute atomic E-state index is 0.133. The number of carbonyl (C=O) groups excluding carboxylic acids is 1. The van der Waals surface area contributed by atoms with Gasteiger partial charge in [-0.05, 0) is 6.07 Å². The van der Waals surface area contributed by atoms with Gasteiger partial charge >= 0.3 is 0 Å². The van der Waals surface area contributed by atoms with Crippen LogP contribution < -0.4 is 15.6 Å². The predicted molar refractivity (Wildman–Crippen MR) is 72.8 cm³/mol. The van der Waals surface area contributed by atoms with Gasteiger partial charge in [0.1, 0.15) is 0 Å². The number of benzene rings is 1. The topological polar surface area (TPSA) is 119 Å². The molecule has 21 heavy (non-hydrogen) atoms. The van der Waals surface area contributed by atoms with Gasteiger partial charge in [0.15, 0.2) is 0 Å². The molecule has 2 rings (SSSR count). The first-order valence-corrected chi connectivity index (χ1v) is 5.78. The number of anilines is 1. The number of nitro groups is 1. The third-order valence-corrected chi connectivity index (χ3v) is 2.45. The molecule has 1 aromatic carbocycles. The summed E-state index contributed by atoms with van der Waals surface area (Å²) in [6.45, 7) is 0. The lowest BCUT2D eigenvalue weighted by Crippen LogP contribution is -2.30. The maximum Gasteiger partial charge on any atom is 0.270 e. The second kappa shape index (κ2) is 6.28. The molecule has 0 aliphatic heterocycles. The van der Waals surface area contributed by atoms with Crippen LogP contribution in [0.1, 0.15) is 10.4 Å². The molecule has 0 fully saturated rings. The van der Waals surface area contributed by atoms with E-state index in [1.54, 1.807) is 6.07 Å². The maximum absolute atomic E-state index is 11.9. The number of ether oxygens (including phenoxy) is 1. The molecule has 0 bridgehead atoms. The Morgan fingerprint density at radius 1 is 1.38 bits per heavy atom. The fourth-order valence-corrected chi connectivity index (χ4v) is 1.46. The van der Waals surface area contributed by atoms with Crippen LogP contribution in [0.15, 0.2) is 36.5 Å². The minimum atomic E-state index is -0.574. The van der Waals surface area contributed by atoms with Crippen molar-refractivity contribution in [2.75, 3.05) is 12.5 Å². The molecule has 0 atom stereocenters. The molecule has 9 nitrogen and oxygen atoms in total. The van der Waals surface area contributed by atoms with Crippen LogP contribution in [0.5, 0.6) is 5.88 Å². The molecule has 0 spiro atoms. The van der Waals surface area contributed by atoms with E-state index in [2.05, 4.69) is 20.8 Å². The lowest BCUT2D eigenvalue weighted by atomic mass is 10.2. The summed E-state index contributed by atoms with van der Waals surface area (Å²) in [6.07, 6.45) is 1.45. The lowest BCUT2D eigenvalue weighted by Gasteiger charge is -2.07. The Hall–Kier alpha value is -3.23. The van der Waals surface area contributed by atoms with Gasteiger partial charge in [0, 0.05) is 30.0 Å². The molecule has 108 valence electrons. The van der Waals surface area contributed by atoms with Gasteiger partial charge in [0.05, 0.1) is 12.0 Å². The van der Waals surface area contributed by atoms with Crippen molar-refractivity contribution in [3.05, 3.63) is 52.2 Å².